The number of carbonyl (C=O) groups excluding carboxylic acids is 3. The predicted molar refractivity (Wildman–Crippen MR) is 89.5 cm³/mol. The number of benzene rings is 1. The number of nitrogens with zero attached hydrogens (tertiary/aromatic N) is 2. The largest absolute Gasteiger partial charge is 0.469 e. The summed E-state index contributed by atoms with van der Waals surface area (Å²) in [7, 11) is 1.31. The molecular formula is C18H24N2O4. The Balaban J connectivity index is 1.91. The molecule has 2 amide bonds. The van der Waals surface area contributed by atoms with Gasteiger partial charge in [-0.05, 0) is 25.5 Å². The Bertz CT molecular complexity index is 615. The van der Waals surface area contributed by atoms with Crippen molar-refractivity contribution in [3.8, 4) is 0 Å². The van der Waals surface area contributed by atoms with Crippen LogP contribution in [0.25, 0.3) is 0 Å². The fourth-order valence-electron chi connectivity index (χ4n) is 2.80. The highest BCUT2D eigenvalue weighted by Gasteiger charge is 2.23. The van der Waals surface area contributed by atoms with Crippen molar-refractivity contribution in [2.24, 2.45) is 0 Å². The molecule has 1 aromatic carbocycles. The maximum absolute atomic E-state index is 12.6. The highest BCUT2D eigenvalue weighted by Crippen LogP contribution is 2.12. The first-order valence-corrected chi connectivity index (χ1v) is 8.22. The summed E-state index contributed by atoms with van der Waals surface area (Å²) in [6.07, 6.45) is 0.984. The van der Waals surface area contributed by atoms with Gasteiger partial charge in [-0.2, -0.15) is 0 Å². The van der Waals surface area contributed by atoms with Gasteiger partial charge >= 0.3 is 5.97 Å². The lowest BCUT2D eigenvalue weighted by Crippen LogP contribution is -2.37. The van der Waals surface area contributed by atoms with Crippen molar-refractivity contribution < 1.29 is 19.1 Å². The molecule has 6 heteroatoms. The van der Waals surface area contributed by atoms with Crippen LogP contribution in [0.5, 0.6) is 0 Å². The van der Waals surface area contributed by atoms with E-state index in [-0.39, 0.29) is 30.6 Å². The van der Waals surface area contributed by atoms with Crippen LogP contribution in [0.4, 0.5) is 0 Å². The first kappa shape index (κ1) is 18.0. The molecule has 6 nitrogen and oxygen atoms in total. The minimum Gasteiger partial charge on any atom is -0.469 e. The zero-order chi connectivity index (χ0) is 17.5. The molecule has 1 saturated heterocycles. The molecule has 0 spiro atoms. The summed E-state index contributed by atoms with van der Waals surface area (Å²) in [6.45, 7) is 4.21. The van der Waals surface area contributed by atoms with Gasteiger partial charge in [0.05, 0.1) is 13.5 Å². The van der Waals surface area contributed by atoms with E-state index in [0.29, 0.717) is 31.7 Å². The van der Waals surface area contributed by atoms with Crippen LogP contribution in [-0.4, -0.2) is 60.9 Å². The number of rotatable bonds is 4. The first-order valence-electron chi connectivity index (χ1n) is 8.22. The van der Waals surface area contributed by atoms with Crippen LogP contribution in [0.3, 0.4) is 0 Å². The topological polar surface area (TPSA) is 66.9 Å². The van der Waals surface area contributed by atoms with Gasteiger partial charge in [0.2, 0.25) is 5.91 Å². The SMILES string of the molecule is COC(=O)CCC(=O)N1CCCN(C(=O)c2cccc(C)c2)CC1. The summed E-state index contributed by atoms with van der Waals surface area (Å²) >= 11 is 0. The van der Waals surface area contributed by atoms with E-state index in [1.54, 1.807) is 9.80 Å². The highest BCUT2D eigenvalue weighted by atomic mass is 16.5. The molecule has 24 heavy (non-hydrogen) atoms. The quantitative estimate of drug-likeness (QED) is 0.786. The van der Waals surface area contributed by atoms with Gasteiger partial charge in [-0.15, -0.1) is 0 Å². The zero-order valence-electron chi connectivity index (χ0n) is 14.3. The van der Waals surface area contributed by atoms with Crippen LogP contribution in [-0.2, 0) is 14.3 Å². The van der Waals surface area contributed by atoms with Crippen molar-refractivity contribution in [2.75, 3.05) is 33.3 Å². The second-order valence-electron chi connectivity index (χ2n) is 5.97. The molecule has 1 aliphatic rings. The third kappa shape index (κ3) is 4.81. The summed E-state index contributed by atoms with van der Waals surface area (Å²) in [5, 5.41) is 0. The first-order chi connectivity index (χ1) is 11.5. The van der Waals surface area contributed by atoms with Crippen molar-refractivity contribution in [1.29, 1.82) is 0 Å². The van der Waals surface area contributed by atoms with Crippen LogP contribution in [0.15, 0.2) is 24.3 Å². The third-order valence-electron chi connectivity index (χ3n) is 4.17. The number of hydrogen-bond donors (Lipinski definition) is 0. The Morgan fingerprint density at radius 2 is 1.75 bits per heavy atom. The second-order valence-corrected chi connectivity index (χ2v) is 5.97. The van der Waals surface area contributed by atoms with E-state index in [4.69, 9.17) is 0 Å². The Hall–Kier alpha value is -2.37. The standard InChI is InChI=1S/C18H24N2O4/c1-14-5-3-6-15(13-14)18(23)20-10-4-9-19(11-12-20)16(21)7-8-17(22)24-2/h3,5-6,13H,4,7-12H2,1-2H3. The number of esters is 1. The van der Waals surface area contributed by atoms with E-state index in [1.165, 1.54) is 7.11 Å². The maximum Gasteiger partial charge on any atom is 0.306 e. The molecular weight excluding hydrogens is 308 g/mol. The molecule has 0 aromatic heterocycles. The average Bonchev–Trinajstić information content (AvgIpc) is 2.84. The Morgan fingerprint density at radius 1 is 1.04 bits per heavy atom. The molecule has 0 N–H and O–H groups in total. The van der Waals surface area contributed by atoms with Crippen molar-refractivity contribution >= 4 is 17.8 Å². The Labute approximate surface area is 142 Å². The maximum atomic E-state index is 12.6. The van der Waals surface area contributed by atoms with Gasteiger partial charge in [-0.3, -0.25) is 14.4 Å². The molecule has 130 valence electrons. The van der Waals surface area contributed by atoms with Crippen molar-refractivity contribution in [1.82, 2.24) is 9.80 Å². The van der Waals surface area contributed by atoms with Crippen molar-refractivity contribution in [3.63, 3.8) is 0 Å². The lowest BCUT2D eigenvalue weighted by atomic mass is 10.1. The van der Waals surface area contributed by atoms with E-state index in [0.717, 1.165) is 12.0 Å². The Kier molecular flexibility index (Phi) is 6.35. The second kappa shape index (κ2) is 8.47. The molecule has 0 aliphatic carbocycles. The summed E-state index contributed by atoms with van der Waals surface area (Å²) in [4.78, 5) is 39.4. The number of amides is 2. The number of carbonyl (C=O) groups is 3. The van der Waals surface area contributed by atoms with Gasteiger partial charge in [0.15, 0.2) is 0 Å². The fraction of sp³-hybridized carbons (Fsp3) is 0.500. The van der Waals surface area contributed by atoms with Crippen LogP contribution in [0, 0.1) is 6.92 Å². The smallest absolute Gasteiger partial charge is 0.306 e. The van der Waals surface area contributed by atoms with Gasteiger partial charge in [0.25, 0.3) is 5.91 Å². The number of hydrogen-bond acceptors (Lipinski definition) is 4. The number of ether oxygens (including phenoxy) is 1. The van der Waals surface area contributed by atoms with Crippen LogP contribution in [0.2, 0.25) is 0 Å². The van der Waals surface area contributed by atoms with Gasteiger partial charge < -0.3 is 14.5 Å². The van der Waals surface area contributed by atoms with E-state index >= 15 is 0 Å². The highest BCUT2D eigenvalue weighted by molar-refractivity contribution is 5.94. The molecule has 1 aromatic rings. The van der Waals surface area contributed by atoms with E-state index in [1.807, 2.05) is 31.2 Å². The fourth-order valence-corrected chi connectivity index (χ4v) is 2.80. The minimum atomic E-state index is -0.380. The molecule has 0 radical (unpaired) electrons. The van der Waals surface area contributed by atoms with E-state index in [2.05, 4.69) is 4.74 Å². The summed E-state index contributed by atoms with van der Waals surface area (Å²) in [6, 6.07) is 7.54. The summed E-state index contributed by atoms with van der Waals surface area (Å²) in [5.74, 6) is -0.442. The molecule has 1 aliphatic heterocycles. The normalized spacial score (nSPS) is 14.9. The van der Waals surface area contributed by atoms with Crippen LogP contribution < -0.4 is 0 Å². The lowest BCUT2D eigenvalue weighted by Gasteiger charge is -2.22. The monoisotopic (exact) mass is 332 g/mol. The zero-order valence-corrected chi connectivity index (χ0v) is 14.3. The molecule has 1 heterocycles. The van der Waals surface area contributed by atoms with Crippen molar-refractivity contribution in [3.05, 3.63) is 35.4 Å². The molecule has 0 unspecified atom stereocenters. The van der Waals surface area contributed by atoms with E-state index in [9.17, 15) is 14.4 Å². The van der Waals surface area contributed by atoms with Crippen molar-refractivity contribution in [2.45, 2.75) is 26.2 Å². The van der Waals surface area contributed by atoms with Gasteiger partial charge in [-0.1, -0.05) is 17.7 Å². The average molecular weight is 332 g/mol. The Morgan fingerprint density at radius 3 is 2.46 bits per heavy atom. The van der Waals surface area contributed by atoms with Gasteiger partial charge in [0, 0.05) is 38.2 Å². The number of aryl methyl sites for hydroxylation is 1. The van der Waals surface area contributed by atoms with Gasteiger partial charge in [0.1, 0.15) is 0 Å². The van der Waals surface area contributed by atoms with Crippen LogP contribution in [0.1, 0.15) is 35.2 Å². The van der Waals surface area contributed by atoms with E-state index < -0.39 is 0 Å². The van der Waals surface area contributed by atoms with Crippen LogP contribution >= 0.6 is 0 Å². The molecule has 0 bridgehead atoms. The third-order valence-corrected chi connectivity index (χ3v) is 4.17. The lowest BCUT2D eigenvalue weighted by molar-refractivity contribution is -0.143. The molecule has 1 fully saturated rings. The molecule has 0 saturated carbocycles. The predicted octanol–water partition coefficient (Wildman–Crippen LogP) is 1.62. The van der Waals surface area contributed by atoms with Gasteiger partial charge in [-0.25, -0.2) is 0 Å². The minimum absolute atomic E-state index is 0.00237. The number of methoxy groups -OCH3 is 1. The molecule has 2 rings (SSSR count). The summed E-state index contributed by atoms with van der Waals surface area (Å²) in [5.41, 5.74) is 1.73. The summed E-state index contributed by atoms with van der Waals surface area (Å²) < 4.78 is 4.56. The molecule has 0 atom stereocenters.